The molecule has 14 heavy (non-hydrogen) atoms. The zero-order valence-corrected chi connectivity index (χ0v) is 10.1. The summed E-state index contributed by atoms with van der Waals surface area (Å²) in [7, 11) is 0. The zero-order valence-electron chi connectivity index (χ0n) is 9.26. The Bertz CT molecular complexity index is 299. The molecule has 0 saturated heterocycles. The summed E-state index contributed by atoms with van der Waals surface area (Å²) in [5, 5.41) is 5.52. The quantitative estimate of drug-likeness (QED) is 0.783. The summed E-state index contributed by atoms with van der Waals surface area (Å²) >= 11 is 1.82. The highest BCUT2D eigenvalue weighted by atomic mass is 32.1. The predicted octanol–water partition coefficient (Wildman–Crippen LogP) is 3.46. The molecule has 0 saturated carbocycles. The van der Waals surface area contributed by atoms with Gasteiger partial charge < -0.3 is 5.32 Å². The van der Waals surface area contributed by atoms with Crippen LogP contribution in [0.5, 0.6) is 0 Å². The van der Waals surface area contributed by atoms with Gasteiger partial charge in [-0.2, -0.15) is 0 Å². The first-order chi connectivity index (χ1) is 6.77. The maximum atomic E-state index is 3.37. The molecular weight excluding hydrogens is 190 g/mol. The van der Waals surface area contributed by atoms with Crippen LogP contribution in [0.15, 0.2) is 17.0 Å². The Morgan fingerprint density at radius 1 is 1.50 bits per heavy atom. The first kappa shape index (κ1) is 11.5. The molecule has 1 rings (SSSR count). The highest BCUT2D eigenvalue weighted by molar-refractivity contribution is 7.11. The van der Waals surface area contributed by atoms with Gasteiger partial charge in [0.15, 0.2) is 0 Å². The van der Waals surface area contributed by atoms with E-state index < -0.39 is 0 Å². The molecular formula is C12H19NS. The molecule has 0 aliphatic heterocycles. The van der Waals surface area contributed by atoms with E-state index in [1.807, 2.05) is 11.3 Å². The minimum atomic E-state index is 1.02. The van der Waals surface area contributed by atoms with Crippen LogP contribution in [0.3, 0.4) is 0 Å². The summed E-state index contributed by atoms with van der Waals surface area (Å²) in [4.78, 5) is 1.40. The first-order valence-corrected chi connectivity index (χ1v) is 6.10. The van der Waals surface area contributed by atoms with Crippen LogP contribution in [-0.4, -0.2) is 13.1 Å². The lowest BCUT2D eigenvalue weighted by molar-refractivity contribution is 0.762. The number of hydrogen-bond donors (Lipinski definition) is 1. The molecule has 0 aliphatic rings. The van der Waals surface area contributed by atoms with E-state index in [1.165, 1.54) is 16.0 Å². The van der Waals surface area contributed by atoms with Gasteiger partial charge in [-0.1, -0.05) is 19.4 Å². The number of nitrogens with one attached hydrogen (secondary N) is 1. The number of rotatable bonds is 5. The number of likely N-dealkylation sites (N-methyl/N-ethyl adjacent to an activating group) is 1. The molecule has 1 aromatic rings. The van der Waals surface area contributed by atoms with E-state index in [9.17, 15) is 0 Å². The minimum absolute atomic E-state index is 1.02. The topological polar surface area (TPSA) is 12.0 Å². The highest BCUT2D eigenvalue weighted by Gasteiger charge is 1.98. The van der Waals surface area contributed by atoms with E-state index in [0.29, 0.717) is 0 Å². The Morgan fingerprint density at radius 3 is 2.79 bits per heavy atom. The van der Waals surface area contributed by atoms with Crippen molar-refractivity contribution >= 4 is 17.4 Å². The van der Waals surface area contributed by atoms with E-state index >= 15 is 0 Å². The molecule has 0 unspecified atom stereocenters. The van der Waals surface area contributed by atoms with Crippen LogP contribution in [0.25, 0.3) is 6.08 Å². The summed E-state index contributed by atoms with van der Waals surface area (Å²) in [5.74, 6) is 0. The predicted molar refractivity (Wildman–Crippen MR) is 65.9 cm³/mol. The molecule has 0 atom stereocenters. The van der Waals surface area contributed by atoms with Crippen molar-refractivity contribution in [2.45, 2.75) is 27.2 Å². The second-order valence-corrected chi connectivity index (χ2v) is 4.35. The molecule has 1 aromatic heterocycles. The van der Waals surface area contributed by atoms with Gasteiger partial charge in [0.25, 0.3) is 0 Å². The largest absolute Gasteiger partial charge is 0.313 e. The molecule has 0 amide bonds. The van der Waals surface area contributed by atoms with Crippen molar-refractivity contribution < 1.29 is 0 Å². The third kappa shape index (κ3) is 3.28. The molecule has 0 radical (unpaired) electrons. The normalized spacial score (nSPS) is 12.1. The Hall–Kier alpha value is -0.600. The molecule has 2 heteroatoms. The molecule has 78 valence electrons. The van der Waals surface area contributed by atoms with Gasteiger partial charge in [-0.15, -0.1) is 11.3 Å². The Morgan fingerprint density at radius 2 is 2.29 bits per heavy atom. The number of thiophene rings is 1. The van der Waals surface area contributed by atoms with Crippen LogP contribution < -0.4 is 5.32 Å². The van der Waals surface area contributed by atoms with Crippen LogP contribution >= 0.6 is 11.3 Å². The summed E-state index contributed by atoms with van der Waals surface area (Å²) in [5.41, 5.74) is 2.87. The van der Waals surface area contributed by atoms with E-state index in [1.54, 1.807) is 0 Å². The van der Waals surface area contributed by atoms with Gasteiger partial charge in [0.2, 0.25) is 0 Å². The highest BCUT2D eigenvalue weighted by Crippen LogP contribution is 2.19. The van der Waals surface area contributed by atoms with Crippen LogP contribution in [0.1, 0.15) is 30.7 Å². The molecule has 0 spiro atoms. The van der Waals surface area contributed by atoms with Gasteiger partial charge in [0.05, 0.1) is 0 Å². The lowest BCUT2D eigenvalue weighted by Crippen LogP contribution is -2.15. The molecule has 1 N–H and O–H groups in total. The molecule has 0 bridgehead atoms. The van der Waals surface area contributed by atoms with Crippen LogP contribution in [0.2, 0.25) is 0 Å². The average Bonchev–Trinajstić information content (AvgIpc) is 2.59. The van der Waals surface area contributed by atoms with Crippen molar-refractivity contribution in [2.24, 2.45) is 0 Å². The maximum absolute atomic E-state index is 3.37. The van der Waals surface area contributed by atoms with Gasteiger partial charge in [-0.05, 0) is 43.0 Å². The van der Waals surface area contributed by atoms with Crippen molar-refractivity contribution in [1.29, 1.82) is 0 Å². The second kappa shape index (κ2) is 5.99. The van der Waals surface area contributed by atoms with Gasteiger partial charge in [-0.25, -0.2) is 0 Å². The molecule has 0 aromatic carbocycles. The zero-order chi connectivity index (χ0) is 10.4. The van der Waals surface area contributed by atoms with Gasteiger partial charge in [-0.3, -0.25) is 0 Å². The van der Waals surface area contributed by atoms with Crippen molar-refractivity contribution in [3.05, 3.63) is 27.5 Å². The fourth-order valence-corrected chi connectivity index (χ4v) is 2.19. The number of aryl methyl sites for hydroxylation is 1. The number of hydrogen-bond acceptors (Lipinski definition) is 2. The van der Waals surface area contributed by atoms with Crippen LogP contribution in [0, 0.1) is 6.92 Å². The standard InChI is InChI=1S/C12H19NS/c1-4-11(9-13-5-2)8-12-10(3)6-7-14-12/h6-8,13H,4-5,9H2,1-3H3. The van der Waals surface area contributed by atoms with Crippen molar-refractivity contribution in [2.75, 3.05) is 13.1 Å². The molecule has 0 aliphatic carbocycles. The lowest BCUT2D eigenvalue weighted by Gasteiger charge is -2.04. The summed E-state index contributed by atoms with van der Waals surface area (Å²) in [6.07, 6.45) is 3.45. The third-order valence-electron chi connectivity index (χ3n) is 2.29. The fourth-order valence-electron chi connectivity index (χ4n) is 1.28. The summed E-state index contributed by atoms with van der Waals surface area (Å²) in [6, 6.07) is 2.18. The molecule has 0 fully saturated rings. The Kier molecular flexibility index (Phi) is 4.91. The first-order valence-electron chi connectivity index (χ1n) is 5.22. The SMILES string of the molecule is CCNCC(=Cc1sccc1C)CC. The fraction of sp³-hybridized carbons (Fsp3) is 0.500. The van der Waals surface area contributed by atoms with E-state index in [2.05, 4.69) is 43.6 Å². The second-order valence-electron chi connectivity index (χ2n) is 3.40. The maximum Gasteiger partial charge on any atom is 0.0299 e. The Balaban J connectivity index is 2.68. The summed E-state index contributed by atoms with van der Waals surface area (Å²) in [6.45, 7) is 8.59. The molecule has 1 heterocycles. The summed E-state index contributed by atoms with van der Waals surface area (Å²) < 4.78 is 0. The van der Waals surface area contributed by atoms with Crippen LogP contribution in [-0.2, 0) is 0 Å². The van der Waals surface area contributed by atoms with Gasteiger partial charge >= 0.3 is 0 Å². The van der Waals surface area contributed by atoms with Gasteiger partial charge in [0.1, 0.15) is 0 Å². The van der Waals surface area contributed by atoms with Crippen molar-refractivity contribution in [1.82, 2.24) is 5.32 Å². The van der Waals surface area contributed by atoms with E-state index in [0.717, 1.165) is 19.5 Å². The third-order valence-corrected chi connectivity index (χ3v) is 3.26. The van der Waals surface area contributed by atoms with Crippen LogP contribution in [0.4, 0.5) is 0 Å². The average molecular weight is 209 g/mol. The van der Waals surface area contributed by atoms with Crippen molar-refractivity contribution in [3.8, 4) is 0 Å². The molecule has 1 nitrogen and oxygen atoms in total. The monoisotopic (exact) mass is 209 g/mol. The van der Waals surface area contributed by atoms with Gasteiger partial charge in [0, 0.05) is 11.4 Å². The van der Waals surface area contributed by atoms with E-state index in [-0.39, 0.29) is 0 Å². The lowest BCUT2D eigenvalue weighted by atomic mass is 10.1. The van der Waals surface area contributed by atoms with Crippen molar-refractivity contribution in [3.63, 3.8) is 0 Å². The Labute approximate surface area is 90.9 Å². The smallest absolute Gasteiger partial charge is 0.0299 e. The minimum Gasteiger partial charge on any atom is -0.313 e. The van der Waals surface area contributed by atoms with E-state index in [4.69, 9.17) is 0 Å².